The Bertz CT molecular complexity index is 882. The van der Waals surface area contributed by atoms with Crippen molar-refractivity contribution >= 4 is 33.4 Å². The highest BCUT2D eigenvalue weighted by molar-refractivity contribution is 8.08. The molecule has 0 saturated carbocycles. The molecule has 1 aliphatic heterocycles. The molecule has 1 aliphatic rings. The minimum Gasteiger partial charge on any atom is -0.359 e. The summed E-state index contributed by atoms with van der Waals surface area (Å²) < 4.78 is 5.22. The monoisotopic (exact) mass is 327 g/mol. The second-order valence-electron chi connectivity index (χ2n) is 5.44. The standard InChI is InChI=1S/C16H17N5OS/c1-10-8-19-16-15(10)13(2-3-18-16)21-4-5-23-14(9-21)12-6-11(7-17)22-20-12/h2-3,6,8-9H,4-5,7,17H2,1H3,(H,18,19). The number of hydrogen-bond acceptors (Lipinski definition) is 6. The van der Waals surface area contributed by atoms with Gasteiger partial charge in [-0.15, -0.1) is 11.8 Å². The van der Waals surface area contributed by atoms with Crippen molar-refractivity contribution in [2.24, 2.45) is 5.73 Å². The van der Waals surface area contributed by atoms with Crippen LogP contribution < -0.4 is 10.6 Å². The quantitative estimate of drug-likeness (QED) is 0.769. The highest BCUT2D eigenvalue weighted by Crippen LogP contribution is 2.35. The molecule has 0 spiro atoms. The number of aryl methyl sites for hydroxylation is 1. The van der Waals surface area contributed by atoms with E-state index in [0.717, 1.165) is 39.6 Å². The van der Waals surface area contributed by atoms with Crippen molar-refractivity contribution in [2.75, 3.05) is 17.2 Å². The summed E-state index contributed by atoms with van der Waals surface area (Å²) in [7, 11) is 0. The maximum absolute atomic E-state index is 5.60. The maximum Gasteiger partial charge on any atom is 0.150 e. The first-order chi connectivity index (χ1) is 11.3. The third-order valence-electron chi connectivity index (χ3n) is 3.93. The summed E-state index contributed by atoms with van der Waals surface area (Å²) in [6.07, 6.45) is 5.97. The zero-order valence-electron chi connectivity index (χ0n) is 12.7. The number of anilines is 1. The lowest BCUT2D eigenvalue weighted by Crippen LogP contribution is -2.23. The van der Waals surface area contributed by atoms with Gasteiger partial charge in [0.15, 0.2) is 5.76 Å². The molecule has 4 heterocycles. The molecule has 4 rings (SSSR count). The van der Waals surface area contributed by atoms with E-state index in [1.54, 1.807) is 11.8 Å². The highest BCUT2D eigenvalue weighted by Gasteiger charge is 2.19. The van der Waals surface area contributed by atoms with Gasteiger partial charge in [0.05, 0.1) is 17.1 Å². The molecule has 0 amide bonds. The van der Waals surface area contributed by atoms with Gasteiger partial charge >= 0.3 is 0 Å². The Morgan fingerprint density at radius 3 is 3.22 bits per heavy atom. The zero-order chi connectivity index (χ0) is 15.8. The lowest BCUT2D eigenvalue weighted by atomic mass is 10.2. The zero-order valence-corrected chi connectivity index (χ0v) is 13.6. The molecule has 118 valence electrons. The van der Waals surface area contributed by atoms with E-state index in [1.165, 1.54) is 5.56 Å². The number of nitrogens with zero attached hydrogens (tertiary/aromatic N) is 3. The van der Waals surface area contributed by atoms with Crippen LogP contribution in [0.4, 0.5) is 5.69 Å². The summed E-state index contributed by atoms with van der Waals surface area (Å²) in [5.41, 5.74) is 9.72. The Labute approximate surface area is 137 Å². The summed E-state index contributed by atoms with van der Waals surface area (Å²) in [5.74, 6) is 1.69. The Kier molecular flexibility index (Phi) is 3.59. The molecule has 0 bridgehead atoms. The lowest BCUT2D eigenvalue weighted by molar-refractivity contribution is 0.383. The average Bonchev–Trinajstić information content (AvgIpc) is 3.22. The minimum atomic E-state index is 0.363. The van der Waals surface area contributed by atoms with Gasteiger partial charge in [-0.2, -0.15) is 0 Å². The molecule has 0 fully saturated rings. The summed E-state index contributed by atoms with van der Waals surface area (Å²) in [6.45, 7) is 3.40. The van der Waals surface area contributed by atoms with Gasteiger partial charge in [0.2, 0.25) is 0 Å². The number of pyridine rings is 1. The fraction of sp³-hybridized carbons (Fsp3) is 0.250. The van der Waals surface area contributed by atoms with Gasteiger partial charge in [-0.25, -0.2) is 4.98 Å². The van der Waals surface area contributed by atoms with Gasteiger partial charge in [0.25, 0.3) is 0 Å². The summed E-state index contributed by atoms with van der Waals surface area (Å²) >= 11 is 1.78. The number of H-pyrrole nitrogens is 1. The van der Waals surface area contributed by atoms with E-state index >= 15 is 0 Å². The van der Waals surface area contributed by atoms with Gasteiger partial charge in [0.1, 0.15) is 11.3 Å². The molecular formula is C16H17N5OS. The van der Waals surface area contributed by atoms with E-state index in [9.17, 15) is 0 Å². The van der Waals surface area contributed by atoms with Crippen LogP contribution in [0.5, 0.6) is 0 Å². The van der Waals surface area contributed by atoms with Crippen molar-refractivity contribution in [1.29, 1.82) is 0 Å². The van der Waals surface area contributed by atoms with Gasteiger partial charge in [-0.3, -0.25) is 0 Å². The number of thioether (sulfide) groups is 1. The second kappa shape index (κ2) is 5.75. The number of aromatic amines is 1. The number of nitrogens with one attached hydrogen (secondary N) is 1. The molecule has 0 atom stereocenters. The van der Waals surface area contributed by atoms with Crippen molar-refractivity contribution in [3.05, 3.63) is 47.7 Å². The van der Waals surface area contributed by atoms with Gasteiger partial charge < -0.3 is 20.1 Å². The number of hydrogen-bond donors (Lipinski definition) is 2. The van der Waals surface area contributed by atoms with E-state index in [2.05, 4.69) is 39.2 Å². The van der Waals surface area contributed by atoms with Gasteiger partial charge in [-0.05, 0) is 18.6 Å². The first kappa shape index (κ1) is 14.3. The van der Waals surface area contributed by atoms with Crippen molar-refractivity contribution in [1.82, 2.24) is 15.1 Å². The highest BCUT2D eigenvalue weighted by atomic mass is 32.2. The van der Waals surface area contributed by atoms with Crippen LogP contribution in [-0.2, 0) is 6.54 Å². The molecule has 0 unspecified atom stereocenters. The van der Waals surface area contributed by atoms with Gasteiger partial charge in [-0.1, -0.05) is 5.16 Å². The Hall–Kier alpha value is -2.25. The number of nitrogens with two attached hydrogens (primary N) is 1. The molecule has 3 aromatic rings. The average molecular weight is 327 g/mol. The smallest absolute Gasteiger partial charge is 0.150 e. The first-order valence-corrected chi connectivity index (χ1v) is 8.45. The molecule has 3 N–H and O–H groups in total. The Morgan fingerprint density at radius 2 is 2.39 bits per heavy atom. The second-order valence-corrected chi connectivity index (χ2v) is 6.58. The number of rotatable bonds is 3. The van der Waals surface area contributed by atoms with Crippen molar-refractivity contribution in [3.63, 3.8) is 0 Å². The van der Waals surface area contributed by atoms with Crippen LogP contribution in [0.15, 0.2) is 35.2 Å². The predicted octanol–water partition coefficient (Wildman–Crippen LogP) is 2.87. The minimum absolute atomic E-state index is 0.363. The predicted molar refractivity (Wildman–Crippen MR) is 93.0 cm³/mol. The van der Waals surface area contributed by atoms with E-state index in [1.807, 2.05) is 18.5 Å². The normalized spacial score (nSPS) is 15.2. The van der Waals surface area contributed by atoms with Crippen LogP contribution >= 0.6 is 11.8 Å². The molecule has 7 heteroatoms. The van der Waals surface area contributed by atoms with Crippen LogP contribution in [-0.4, -0.2) is 27.4 Å². The van der Waals surface area contributed by atoms with Crippen LogP contribution in [0.1, 0.15) is 17.0 Å². The fourth-order valence-electron chi connectivity index (χ4n) is 2.79. The van der Waals surface area contributed by atoms with E-state index in [0.29, 0.717) is 12.3 Å². The lowest BCUT2D eigenvalue weighted by Gasteiger charge is -2.26. The van der Waals surface area contributed by atoms with Crippen molar-refractivity contribution in [3.8, 4) is 0 Å². The van der Waals surface area contributed by atoms with Crippen LogP contribution in [0.3, 0.4) is 0 Å². The number of aromatic nitrogens is 3. The third-order valence-corrected chi connectivity index (χ3v) is 4.95. The third kappa shape index (κ3) is 2.51. The summed E-state index contributed by atoms with van der Waals surface area (Å²) in [5, 5.41) is 5.28. The first-order valence-electron chi connectivity index (χ1n) is 7.46. The van der Waals surface area contributed by atoms with Crippen molar-refractivity contribution < 1.29 is 4.52 Å². The SMILES string of the molecule is Cc1c[nH]c2nccc(N3C=C(c4cc(CN)on4)SCC3)c12. The maximum atomic E-state index is 5.60. The number of fused-ring (bicyclic) bond motifs is 1. The van der Waals surface area contributed by atoms with E-state index in [-0.39, 0.29) is 0 Å². The van der Waals surface area contributed by atoms with Crippen molar-refractivity contribution in [2.45, 2.75) is 13.5 Å². The molecular weight excluding hydrogens is 310 g/mol. The summed E-state index contributed by atoms with van der Waals surface area (Å²) in [4.78, 5) is 11.0. The molecule has 6 nitrogen and oxygen atoms in total. The Morgan fingerprint density at radius 1 is 1.48 bits per heavy atom. The van der Waals surface area contributed by atoms with Crippen LogP contribution in [0, 0.1) is 6.92 Å². The van der Waals surface area contributed by atoms with E-state index < -0.39 is 0 Å². The molecule has 3 aromatic heterocycles. The molecule has 23 heavy (non-hydrogen) atoms. The molecule has 0 aromatic carbocycles. The Balaban J connectivity index is 1.76. The van der Waals surface area contributed by atoms with Crippen LogP contribution in [0.2, 0.25) is 0 Å². The molecule has 0 aliphatic carbocycles. The molecule has 0 radical (unpaired) electrons. The fourth-order valence-corrected chi connectivity index (χ4v) is 3.74. The van der Waals surface area contributed by atoms with E-state index in [4.69, 9.17) is 10.3 Å². The topological polar surface area (TPSA) is 84.0 Å². The van der Waals surface area contributed by atoms with Gasteiger partial charge in [0, 0.05) is 42.3 Å². The summed E-state index contributed by atoms with van der Waals surface area (Å²) in [6, 6.07) is 3.97. The molecule has 0 saturated heterocycles. The largest absolute Gasteiger partial charge is 0.359 e. The van der Waals surface area contributed by atoms with Crippen LogP contribution in [0.25, 0.3) is 15.9 Å².